The topological polar surface area (TPSA) is 55.8 Å². The molecule has 0 spiro atoms. The number of benzene rings is 2. The summed E-state index contributed by atoms with van der Waals surface area (Å²) in [7, 11) is 1.53. The van der Waals surface area contributed by atoms with Crippen LogP contribution in [0.1, 0.15) is 5.56 Å². The first kappa shape index (κ1) is 19.6. The number of carbonyl (C=O) groups excluding carboxylic acids is 2. The molecule has 1 heterocycles. The van der Waals surface area contributed by atoms with Crippen LogP contribution in [0.5, 0.6) is 11.5 Å². The van der Waals surface area contributed by atoms with Gasteiger partial charge in [-0.2, -0.15) is 0 Å². The first-order valence-corrected chi connectivity index (χ1v) is 9.52. The van der Waals surface area contributed by atoms with E-state index in [2.05, 4.69) is 0 Å². The van der Waals surface area contributed by atoms with Gasteiger partial charge in [0.05, 0.1) is 23.6 Å². The van der Waals surface area contributed by atoms with Gasteiger partial charge in [0.1, 0.15) is 18.1 Å². The van der Waals surface area contributed by atoms with Crippen LogP contribution in [0.3, 0.4) is 0 Å². The molecule has 2 aromatic carbocycles. The number of hydrogen-bond acceptors (Lipinski definition) is 5. The highest BCUT2D eigenvalue weighted by atomic mass is 35.5. The van der Waals surface area contributed by atoms with Crippen LogP contribution in [0.15, 0.2) is 47.4 Å². The average Bonchev–Trinajstić information content (AvgIpc) is 2.91. The summed E-state index contributed by atoms with van der Waals surface area (Å²) in [6, 6.07) is 12.0. The fourth-order valence-electron chi connectivity index (χ4n) is 2.40. The zero-order valence-electron chi connectivity index (χ0n) is 14.3. The normalized spacial score (nSPS) is 15.5. The van der Waals surface area contributed by atoms with Gasteiger partial charge in [-0.1, -0.05) is 29.3 Å². The molecule has 1 aliphatic heterocycles. The van der Waals surface area contributed by atoms with Crippen molar-refractivity contribution in [1.82, 2.24) is 4.90 Å². The van der Waals surface area contributed by atoms with E-state index in [0.717, 1.165) is 16.7 Å². The molecule has 0 N–H and O–H groups in total. The van der Waals surface area contributed by atoms with E-state index in [1.54, 1.807) is 48.5 Å². The highest BCUT2D eigenvalue weighted by molar-refractivity contribution is 8.18. The lowest BCUT2D eigenvalue weighted by Gasteiger charge is -2.13. The summed E-state index contributed by atoms with van der Waals surface area (Å²) in [6.07, 6.45) is 1.64. The lowest BCUT2D eigenvalue weighted by molar-refractivity contribution is -0.123. The number of carbonyl (C=O) groups is 2. The minimum absolute atomic E-state index is 0.161. The van der Waals surface area contributed by atoms with Gasteiger partial charge in [0.2, 0.25) is 0 Å². The van der Waals surface area contributed by atoms with E-state index < -0.39 is 0 Å². The number of methoxy groups -OCH3 is 1. The van der Waals surface area contributed by atoms with Crippen LogP contribution in [0.25, 0.3) is 6.08 Å². The molecular weight excluding hydrogens is 409 g/mol. The van der Waals surface area contributed by atoms with E-state index in [0.29, 0.717) is 32.0 Å². The molecule has 8 heteroatoms. The second-order valence-electron chi connectivity index (χ2n) is 5.53. The molecule has 0 aromatic heterocycles. The number of nitrogens with zero attached hydrogens (tertiary/aromatic N) is 1. The number of rotatable bonds is 6. The van der Waals surface area contributed by atoms with Crippen LogP contribution in [0.4, 0.5) is 4.79 Å². The molecule has 2 amide bonds. The largest absolute Gasteiger partial charge is 0.495 e. The Balaban J connectivity index is 1.64. The molecule has 140 valence electrons. The summed E-state index contributed by atoms with van der Waals surface area (Å²) in [5.74, 6) is 0.813. The van der Waals surface area contributed by atoms with Crippen LogP contribution in [-0.4, -0.2) is 36.3 Å². The maximum absolute atomic E-state index is 12.5. The molecule has 5 nitrogen and oxygen atoms in total. The van der Waals surface area contributed by atoms with E-state index in [9.17, 15) is 9.59 Å². The highest BCUT2D eigenvalue weighted by Crippen LogP contribution is 2.33. The van der Waals surface area contributed by atoms with Crippen molar-refractivity contribution < 1.29 is 19.1 Å². The third kappa shape index (κ3) is 4.77. The van der Waals surface area contributed by atoms with Gasteiger partial charge in [-0.25, -0.2) is 0 Å². The van der Waals surface area contributed by atoms with Crippen molar-refractivity contribution in [3.8, 4) is 11.5 Å². The zero-order chi connectivity index (χ0) is 19.4. The van der Waals surface area contributed by atoms with Crippen molar-refractivity contribution in [3.05, 3.63) is 63.0 Å². The molecule has 1 fully saturated rings. The van der Waals surface area contributed by atoms with Gasteiger partial charge in [0.25, 0.3) is 11.1 Å². The van der Waals surface area contributed by atoms with Gasteiger partial charge >= 0.3 is 0 Å². The number of imide groups is 1. The number of thioether (sulfide) groups is 1. The first-order chi connectivity index (χ1) is 13.0. The standard InChI is InChI=1S/C19H15Cl2NO4S/c1-25-16-7-2-12(10-15(16)21)11-17-18(23)22(19(24)27-17)8-9-26-14-5-3-13(20)4-6-14/h2-7,10-11H,8-9H2,1H3/b17-11-. The fraction of sp³-hybridized carbons (Fsp3) is 0.158. The Labute approximate surface area is 170 Å². The molecule has 2 aromatic rings. The van der Waals surface area contributed by atoms with Gasteiger partial charge in [0, 0.05) is 5.02 Å². The maximum atomic E-state index is 12.5. The van der Waals surface area contributed by atoms with E-state index >= 15 is 0 Å². The Morgan fingerprint density at radius 3 is 2.52 bits per heavy atom. The zero-order valence-corrected chi connectivity index (χ0v) is 16.6. The minimum Gasteiger partial charge on any atom is -0.495 e. The third-order valence-electron chi connectivity index (χ3n) is 3.74. The van der Waals surface area contributed by atoms with Gasteiger partial charge in [-0.15, -0.1) is 0 Å². The third-order valence-corrected chi connectivity index (χ3v) is 5.20. The lowest BCUT2D eigenvalue weighted by Crippen LogP contribution is -2.32. The second kappa shape index (κ2) is 8.69. The summed E-state index contributed by atoms with van der Waals surface area (Å²) < 4.78 is 10.7. The van der Waals surface area contributed by atoms with E-state index in [4.69, 9.17) is 32.7 Å². The Bertz CT molecular complexity index is 899. The van der Waals surface area contributed by atoms with Gasteiger partial charge in [-0.05, 0) is 59.8 Å². The Morgan fingerprint density at radius 2 is 1.85 bits per heavy atom. The monoisotopic (exact) mass is 423 g/mol. The molecule has 1 saturated heterocycles. The summed E-state index contributed by atoms with van der Waals surface area (Å²) >= 11 is 12.8. The van der Waals surface area contributed by atoms with Crippen molar-refractivity contribution in [1.29, 1.82) is 0 Å². The smallest absolute Gasteiger partial charge is 0.293 e. The van der Waals surface area contributed by atoms with E-state index in [-0.39, 0.29) is 24.3 Å². The molecule has 27 heavy (non-hydrogen) atoms. The number of halogens is 2. The summed E-state index contributed by atoms with van der Waals surface area (Å²) in [5, 5.41) is 0.712. The molecule has 3 rings (SSSR count). The Kier molecular flexibility index (Phi) is 6.31. The molecule has 0 radical (unpaired) electrons. The van der Waals surface area contributed by atoms with E-state index in [1.165, 1.54) is 7.11 Å². The predicted octanol–water partition coefficient (Wildman–Crippen LogP) is 5.12. The van der Waals surface area contributed by atoms with Crippen LogP contribution in [0.2, 0.25) is 10.0 Å². The van der Waals surface area contributed by atoms with Gasteiger partial charge < -0.3 is 9.47 Å². The number of hydrogen-bond donors (Lipinski definition) is 0. The molecule has 1 aliphatic rings. The van der Waals surface area contributed by atoms with E-state index in [1.807, 2.05) is 0 Å². The van der Waals surface area contributed by atoms with Crippen molar-refractivity contribution in [3.63, 3.8) is 0 Å². The number of amides is 2. The van der Waals surface area contributed by atoms with Crippen LogP contribution in [-0.2, 0) is 4.79 Å². The first-order valence-electron chi connectivity index (χ1n) is 7.95. The molecule has 0 aliphatic carbocycles. The fourth-order valence-corrected chi connectivity index (χ4v) is 3.66. The summed E-state index contributed by atoms with van der Waals surface area (Å²) in [4.78, 5) is 26.2. The van der Waals surface area contributed by atoms with Crippen LogP contribution < -0.4 is 9.47 Å². The SMILES string of the molecule is COc1ccc(/C=C2\SC(=O)N(CCOc3ccc(Cl)cc3)C2=O)cc1Cl. The van der Waals surface area contributed by atoms with Gasteiger partial charge in [-0.3, -0.25) is 14.5 Å². The second-order valence-corrected chi connectivity index (χ2v) is 7.37. The van der Waals surface area contributed by atoms with Gasteiger partial charge in [0.15, 0.2) is 0 Å². The molecule has 0 atom stereocenters. The summed E-state index contributed by atoms with van der Waals surface area (Å²) in [6.45, 7) is 0.356. The lowest BCUT2D eigenvalue weighted by atomic mass is 10.2. The average molecular weight is 424 g/mol. The Hall–Kier alpha value is -2.15. The van der Waals surface area contributed by atoms with Crippen molar-refractivity contribution in [2.45, 2.75) is 0 Å². The quantitative estimate of drug-likeness (QED) is 0.603. The minimum atomic E-state index is -0.350. The van der Waals surface area contributed by atoms with Crippen molar-refractivity contribution >= 4 is 52.2 Å². The Morgan fingerprint density at radius 1 is 1.11 bits per heavy atom. The molecule has 0 bridgehead atoms. The van der Waals surface area contributed by atoms with Crippen LogP contribution in [0, 0.1) is 0 Å². The van der Waals surface area contributed by atoms with Crippen molar-refractivity contribution in [2.24, 2.45) is 0 Å². The predicted molar refractivity (Wildman–Crippen MR) is 108 cm³/mol. The molecule has 0 saturated carbocycles. The maximum Gasteiger partial charge on any atom is 0.293 e. The summed E-state index contributed by atoms with van der Waals surface area (Å²) in [5.41, 5.74) is 0.712. The highest BCUT2D eigenvalue weighted by Gasteiger charge is 2.34. The molecular formula is C19H15Cl2NO4S. The van der Waals surface area contributed by atoms with Crippen molar-refractivity contribution in [2.75, 3.05) is 20.3 Å². The van der Waals surface area contributed by atoms with Crippen LogP contribution >= 0.6 is 35.0 Å². The molecule has 0 unspecified atom stereocenters. The number of ether oxygens (including phenoxy) is 2.